The van der Waals surface area contributed by atoms with Gasteiger partial charge in [0.1, 0.15) is 17.7 Å². The summed E-state index contributed by atoms with van der Waals surface area (Å²) in [5.41, 5.74) is 0.903. The second kappa shape index (κ2) is 10.3. The minimum absolute atomic E-state index is 0.0111. The van der Waals surface area contributed by atoms with Crippen molar-refractivity contribution in [3.8, 4) is 11.9 Å². The number of pyridine rings is 1. The third-order valence-corrected chi connectivity index (χ3v) is 7.60. The van der Waals surface area contributed by atoms with Crippen molar-refractivity contribution >= 4 is 28.8 Å². The van der Waals surface area contributed by atoms with E-state index in [2.05, 4.69) is 20.2 Å². The monoisotopic (exact) mass is 508 g/mol. The van der Waals surface area contributed by atoms with E-state index in [0.717, 1.165) is 18.4 Å². The van der Waals surface area contributed by atoms with Gasteiger partial charge in [0.25, 0.3) is 17.3 Å². The number of ether oxygens (including phenoxy) is 1. The van der Waals surface area contributed by atoms with E-state index in [4.69, 9.17) is 10.00 Å². The summed E-state index contributed by atoms with van der Waals surface area (Å²) in [7, 11) is 1.57. The molecule has 36 heavy (non-hydrogen) atoms. The fourth-order valence-electron chi connectivity index (χ4n) is 3.45. The lowest BCUT2D eigenvalue weighted by Gasteiger charge is -2.26. The number of fused-ring (bicyclic) bond motifs is 1. The van der Waals surface area contributed by atoms with Gasteiger partial charge < -0.3 is 19.7 Å². The molecule has 4 rings (SSSR count). The molecule has 1 amide bonds. The molecule has 0 spiro atoms. The molecule has 2 aromatic heterocycles. The van der Waals surface area contributed by atoms with E-state index < -0.39 is 17.0 Å². The zero-order valence-corrected chi connectivity index (χ0v) is 21.2. The van der Waals surface area contributed by atoms with Gasteiger partial charge in [-0.15, -0.1) is 5.10 Å². The molecule has 0 saturated heterocycles. The highest BCUT2D eigenvalue weighted by molar-refractivity contribution is 7.99. The number of aryl methyl sites for hydroxylation is 1. The Labute approximate surface area is 212 Å². The highest BCUT2D eigenvalue weighted by atomic mass is 32.2. The summed E-state index contributed by atoms with van der Waals surface area (Å²) in [6.45, 7) is 4.43. The van der Waals surface area contributed by atoms with E-state index in [-0.39, 0.29) is 29.3 Å². The van der Waals surface area contributed by atoms with Gasteiger partial charge in [-0.1, -0.05) is 24.1 Å². The predicted molar refractivity (Wildman–Crippen MR) is 136 cm³/mol. The zero-order valence-electron chi connectivity index (χ0n) is 20.4. The largest absolute Gasteiger partial charge is 0.474 e. The highest BCUT2D eigenvalue weighted by Crippen LogP contribution is 2.48. The predicted octanol–water partition coefficient (Wildman–Crippen LogP) is 2.05. The minimum Gasteiger partial charge on any atom is -0.474 e. The first kappa shape index (κ1) is 25.6. The van der Waals surface area contributed by atoms with Crippen LogP contribution in [0, 0.1) is 11.3 Å². The van der Waals surface area contributed by atoms with Gasteiger partial charge >= 0.3 is 0 Å². The lowest BCUT2D eigenvalue weighted by Crippen LogP contribution is -2.40. The molecular weight excluding hydrogens is 480 g/mol. The molecule has 2 heterocycles. The number of benzene rings is 1. The van der Waals surface area contributed by atoms with E-state index in [1.54, 1.807) is 43.3 Å². The average Bonchev–Trinajstić information content (AvgIpc) is 3.67. The summed E-state index contributed by atoms with van der Waals surface area (Å²) < 4.78 is 10.5. The van der Waals surface area contributed by atoms with E-state index in [0.29, 0.717) is 23.1 Å². The molecule has 0 bridgehead atoms. The molecule has 0 atom stereocenters. The van der Waals surface area contributed by atoms with Crippen LogP contribution >= 0.6 is 11.9 Å². The van der Waals surface area contributed by atoms with Crippen LogP contribution < -0.4 is 20.3 Å². The number of rotatable bonds is 10. The van der Waals surface area contributed by atoms with Gasteiger partial charge in [0.2, 0.25) is 0 Å². The maximum atomic E-state index is 13.1. The molecule has 0 aliphatic heterocycles. The lowest BCUT2D eigenvalue weighted by molar-refractivity contribution is 0.0949. The molecule has 1 saturated carbocycles. The van der Waals surface area contributed by atoms with Crippen molar-refractivity contribution in [2.24, 2.45) is 7.05 Å². The number of hydrogen-bond acceptors (Lipinski definition) is 9. The van der Waals surface area contributed by atoms with Crippen molar-refractivity contribution in [1.29, 1.82) is 5.26 Å². The first-order valence-corrected chi connectivity index (χ1v) is 12.3. The molecule has 1 fully saturated rings. The molecule has 1 aromatic carbocycles. The molecule has 10 nitrogen and oxygen atoms in total. The second-order valence-corrected chi connectivity index (χ2v) is 10.9. The van der Waals surface area contributed by atoms with Crippen LogP contribution in [0.15, 0.2) is 41.3 Å². The number of aliphatic hydroxyl groups is 1. The van der Waals surface area contributed by atoms with Crippen LogP contribution in [0.2, 0.25) is 0 Å². The van der Waals surface area contributed by atoms with E-state index in [1.807, 2.05) is 19.9 Å². The summed E-state index contributed by atoms with van der Waals surface area (Å²) in [6, 6.07) is 10.4. The summed E-state index contributed by atoms with van der Waals surface area (Å²) in [6.07, 6.45) is 3.39. The Bertz CT molecular complexity index is 1380. The van der Waals surface area contributed by atoms with Crippen LogP contribution in [-0.2, 0) is 13.6 Å². The van der Waals surface area contributed by atoms with Gasteiger partial charge in [-0.2, -0.15) is 10.4 Å². The first-order valence-electron chi connectivity index (χ1n) is 11.5. The van der Waals surface area contributed by atoms with Gasteiger partial charge in [0, 0.05) is 24.5 Å². The van der Waals surface area contributed by atoms with Gasteiger partial charge in [-0.3, -0.25) is 14.3 Å². The maximum Gasteiger partial charge on any atom is 0.263 e. The zero-order chi connectivity index (χ0) is 25.9. The van der Waals surface area contributed by atoms with Crippen LogP contribution in [0.1, 0.15) is 48.2 Å². The summed E-state index contributed by atoms with van der Waals surface area (Å²) in [4.78, 5) is 25.9. The molecule has 3 aromatic rings. The van der Waals surface area contributed by atoms with E-state index in [9.17, 15) is 14.7 Å². The SMILES string of the molecule is Cn1c(=O)c(C(=O)NCc2ccc(C#N)cc2)cc2cnnc(OCC3(SNC(C)(C)CO)CC3)c21. The van der Waals surface area contributed by atoms with Crippen molar-refractivity contribution in [3.63, 3.8) is 0 Å². The Hall–Kier alpha value is -3.46. The second-order valence-electron chi connectivity index (χ2n) is 9.59. The fraction of sp³-hybridized carbons (Fsp3) is 0.400. The van der Waals surface area contributed by atoms with Gasteiger partial charge in [0.05, 0.1) is 29.2 Å². The molecule has 1 aliphatic rings. The van der Waals surface area contributed by atoms with Crippen molar-refractivity contribution < 1.29 is 14.6 Å². The Balaban J connectivity index is 1.49. The molecule has 3 N–H and O–H groups in total. The molecule has 0 radical (unpaired) electrons. The van der Waals surface area contributed by atoms with Crippen LogP contribution in [0.5, 0.6) is 5.88 Å². The average molecular weight is 509 g/mol. The molecule has 0 unspecified atom stereocenters. The minimum atomic E-state index is -0.507. The number of nitrogens with one attached hydrogen (secondary N) is 2. The summed E-state index contributed by atoms with van der Waals surface area (Å²) in [5, 5.41) is 29.8. The Morgan fingerprint density at radius 3 is 2.69 bits per heavy atom. The fourth-order valence-corrected chi connectivity index (χ4v) is 4.43. The van der Waals surface area contributed by atoms with Crippen molar-refractivity contribution in [2.45, 2.75) is 43.5 Å². The smallest absolute Gasteiger partial charge is 0.263 e. The van der Waals surface area contributed by atoms with Crippen LogP contribution in [0.3, 0.4) is 0 Å². The number of carbonyl (C=O) groups is 1. The number of aromatic nitrogens is 3. The Morgan fingerprint density at radius 1 is 1.33 bits per heavy atom. The number of carbonyl (C=O) groups excluding carboxylic acids is 1. The maximum absolute atomic E-state index is 13.1. The third-order valence-electron chi connectivity index (χ3n) is 5.99. The molecule has 1 aliphatic carbocycles. The number of amides is 1. The summed E-state index contributed by atoms with van der Waals surface area (Å²) in [5.74, 6) is -0.281. The third kappa shape index (κ3) is 5.67. The van der Waals surface area contributed by atoms with Crippen molar-refractivity contribution in [1.82, 2.24) is 24.8 Å². The van der Waals surface area contributed by atoms with Crippen molar-refractivity contribution in [2.75, 3.05) is 13.2 Å². The van der Waals surface area contributed by atoms with E-state index >= 15 is 0 Å². The first-order chi connectivity index (χ1) is 17.2. The highest BCUT2D eigenvalue weighted by Gasteiger charge is 2.46. The van der Waals surface area contributed by atoms with Crippen molar-refractivity contribution in [3.05, 3.63) is 63.6 Å². The molecule has 188 valence electrons. The quantitative estimate of drug-likeness (QED) is 0.351. The summed E-state index contributed by atoms with van der Waals surface area (Å²) >= 11 is 1.54. The van der Waals surface area contributed by atoms with Crippen LogP contribution in [-0.4, -0.2) is 49.3 Å². The van der Waals surface area contributed by atoms with Gasteiger partial charge in [-0.05, 0) is 50.5 Å². The van der Waals surface area contributed by atoms with E-state index in [1.165, 1.54) is 16.8 Å². The standard InChI is InChI=1S/C25H28N6O4S/c1-24(2,14-32)30-36-25(8-9-25)15-35-22-20-18(13-28-29-22)10-19(23(34)31(20)3)21(33)27-12-17-6-4-16(11-26)5-7-17/h4-7,10,13,30,32H,8-9,12,14-15H2,1-3H3,(H,27,33). The Kier molecular flexibility index (Phi) is 7.31. The lowest BCUT2D eigenvalue weighted by atomic mass is 10.1. The number of hydrogen-bond donors (Lipinski definition) is 3. The van der Waals surface area contributed by atoms with Gasteiger partial charge in [-0.25, -0.2) is 0 Å². The molecular formula is C25H28N6O4S. The Morgan fingerprint density at radius 2 is 2.06 bits per heavy atom. The normalized spacial score (nSPS) is 14.3. The van der Waals surface area contributed by atoms with Gasteiger partial charge in [0.15, 0.2) is 0 Å². The topological polar surface area (TPSA) is 142 Å². The van der Waals surface area contributed by atoms with Crippen LogP contribution in [0.4, 0.5) is 0 Å². The van der Waals surface area contributed by atoms with Crippen LogP contribution in [0.25, 0.3) is 10.9 Å². The number of aliphatic hydroxyl groups excluding tert-OH is 1. The molecule has 11 heteroatoms. The number of nitrogens with zero attached hydrogens (tertiary/aromatic N) is 4. The number of nitriles is 1.